The molecule has 0 spiro atoms. The number of carbonyl (C=O) groups excluding carboxylic acids is 3. The molecule has 1 unspecified atom stereocenters. The first-order valence-electron chi connectivity index (χ1n) is 9.10. The lowest BCUT2D eigenvalue weighted by molar-refractivity contribution is -0.134. The number of nitrogens with zero attached hydrogens (tertiary/aromatic N) is 3. The molecule has 0 bridgehead atoms. The summed E-state index contributed by atoms with van der Waals surface area (Å²) in [6.07, 6.45) is 6.30. The molecule has 2 aromatic heterocycles. The van der Waals surface area contributed by atoms with Gasteiger partial charge in [-0.15, -0.1) is 0 Å². The summed E-state index contributed by atoms with van der Waals surface area (Å²) in [5, 5.41) is 4.03. The highest BCUT2D eigenvalue weighted by molar-refractivity contribution is 6.27. The van der Waals surface area contributed by atoms with Crippen LogP contribution in [-0.4, -0.2) is 33.7 Å². The maximum Gasteiger partial charge on any atom is 0.259 e. The number of piperidine rings is 1. The van der Waals surface area contributed by atoms with E-state index >= 15 is 0 Å². The summed E-state index contributed by atoms with van der Waals surface area (Å²) < 4.78 is 0. The van der Waals surface area contributed by atoms with E-state index in [1.54, 1.807) is 24.7 Å². The maximum absolute atomic E-state index is 13.1. The second-order valence-electron chi connectivity index (χ2n) is 7.00. The Labute approximate surface area is 160 Å². The van der Waals surface area contributed by atoms with Crippen LogP contribution in [0.1, 0.15) is 34.5 Å². The van der Waals surface area contributed by atoms with Gasteiger partial charge >= 0.3 is 0 Å². The zero-order chi connectivity index (χ0) is 19.3. The van der Waals surface area contributed by atoms with Crippen molar-refractivity contribution in [2.75, 3.05) is 4.90 Å². The molecule has 2 aliphatic rings. The molecular weight excluding hydrogens is 356 g/mol. The highest BCUT2D eigenvalue weighted by Crippen LogP contribution is 2.40. The molecule has 2 aliphatic heterocycles. The van der Waals surface area contributed by atoms with Gasteiger partial charge in [-0.05, 0) is 24.1 Å². The fourth-order valence-corrected chi connectivity index (χ4v) is 4.02. The van der Waals surface area contributed by atoms with Gasteiger partial charge in [0.25, 0.3) is 5.91 Å². The van der Waals surface area contributed by atoms with Gasteiger partial charge in [-0.25, -0.2) is 0 Å². The molecule has 7 heteroatoms. The molecule has 4 heterocycles. The van der Waals surface area contributed by atoms with Crippen LogP contribution >= 0.6 is 0 Å². The van der Waals surface area contributed by atoms with E-state index < -0.39 is 11.9 Å². The molecule has 1 N–H and O–H groups in total. The summed E-state index contributed by atoms with van der Waals surface area (Å²) in [7, 11) is 0. The van der Waals surface area contributed by atoms with E-state index in [-0.39, 0.29) is 18.2 Å². The molecule has 138 valence electrons. The van der Waals surface area contributed by atoms with Crippen molar-refractivity contribution < 1.29 is 14.4 Å². The Hall–Kier alpha value is -3.61. The quantitative estimate of drug-likeness (QED) is 0.710. The van der Waals surface area contributed by atoms with E-state index in [2.05, 4.69) is 15.3 Å². The van der Waals surface area contributed by atoms with Crippen LogP contribution in [0, 0.1) is 0 Å². The molecule has 3 amide bonds. The highest BCUT2D eigenvalue weighted by atomic mass is 16.2. The number of benzene rings is 1. The van der Waals surface area contributed by atoms with Crippen molar-refractivity contribution in [3.05, 3.63) is 65.7 Å². The van der Waals surface area contributed by atoms with Crippen molar-refractivity contribution in [3.63, 3.8) is 0 Å². The first-order valence-corrected chi connectivity index (χ1v) is 9.10. The third kappa shape index (κ3) is 2.47. The summed E-state index contributed by atoms with van der Waals surface area (Å²) in [4.78, 5) is 47.2. The van der Waals surface area contributed by atoms with Crippen molar-refractivity contribution in [3.8, 4) is 0 Å². The standard InChI is InChI=1S/C21H16N4O3/c26-18-7-6-16(20(27)24-18)25-17-11-23-15(9-12-3-2-8-22-10-12)13-4-1-5-14(19(13)17)21(25)28/h1-5,8,10-11,16H,6-7,9H2,(H,24,26,27). The van der Waals surface area contributed by atoms with Gasteiger partial charge < -0.3 is 0 Å². The zero-order valence-corrected chi connectivity index (χ0v) is 14.9. The van der Waals surface area contributed by atoms with Crippen LogP contribution in [0.4, 0.5) is 5.69 Å². The number of imide groups is 1. The molecule has 3 aromatic rings. The van der Waals surface area contributed by atoms with Gasteiger partial charge in [0.15, 0.2) is 0 Å². The number of nitrogens with one attached hydrogen (secondary N) is 1. The van der Waals surface area contributed by atoms with E-state index in [0.717, 1.165) is 22.0 Å². The highest BCUT2D eigenvalue weighted by Gasteiger charge is 2.41. The van der Waals surface area contributed by atoms with Crippen molar-refractivity contribution in [1.29, 1.82) is 0 Å². The summed E-state index contributed by atoms with van der Waals surface area (Å²) in [6, 6.07) is 8.71. The summed E-state index contributed by atoms with van der Waals surface area (Å²) in [5.41, 5.74) is 3.07. The van der Waals surface area contributed by atoms with Gasteiger partial charge in [0, 0.05) is 41.6 Å². The van der Waals surface area contributed by atoms with Crippen LogP contribution in [-0.2, 0) is 16.0 Å². The van der Waals surface area contributed by atoms with Gasteiger partial charge in [0.1, 0.15) is 6.04 Å². The number of carbonyl (C=O) groups is 3. The average Bonchev–Trinajstić information content (AvgIpc) is 2.98. The fourth-order valence-electron chi connectivity index (χ4n) is 4.02. The SMILES string of the molecule is O=C1CCC(N2C(=O)c3cccc4c(Cc5cccnc5)ncc2c34)C(=O)N1. The predicted octanol–water partition coefficient (Wildman–Crippen LogP) is 1.99. The second-order valence-corrected chi connectivity index (χ2v) is 7.00. The van der Waals surface area contributed by atoms with Crippen molar-refractivity contribution in [1.82, 2.24) is 15.3 Å². The zero-order valence-electron chi connectivity index (χ0n) is 14.9. The van der Waals surface area contributed by atoms with E-state index in [4.69, 9.17) is 0 Å². The number of amides is 3. The van der Waals surface area contributed by atoms with Crippen LogP contribution in [0.3, 0.4) is 0 Å². The monoisotopic (exact) mass is 372 g/mol. The molecule has 28 heavy (non-hydrogen) atoms. The van der Waals surface area contributed by atoms with E-state index in [1.165, 1.54) is 4.90 Å². The first kappa shape index (κ1) is 16.6. The number of aromatic nitrogens is 2. The molecule has 1 aromatic carbocycles. The molecular formula is C21H16N4O3. The van der Waals surface area contributed by atoms with Crippen LogP contribution < -0.4 is 10.2 Å². The lowest BCUT2D eigenvalue weighted by Gasteiger charge is -2.30. The topological polar surface area (TPSA) is 92.3 Å². The lowest BCUT2D eigenvalue weighted by atomic mass is 10.0. The third-order valence-corrected chi connectivity index (χ3v) is 5.30. The van der Waals surface area contributed by atoms with Crippen molar-refractivity contribution >= 4 is 34.2 Å². The molecule has 0 aliphatic carbocycles. The summed E-state index contributed by atoms with van der Waals surface area (Å²) >= 11 is 0. The average molecular weight is 372 g/mol. The van der Waals surface area contributed by atoms with Gasteiger partial charge in [0.05, 0.1) is 17.6 Å². The minimum Gasteiger partial charge on any atom is -0.295 e. The van der Waals surface area contributed by atoms with E-state index in [1.807, 2.05) is 24.3 Å². The number of hydrogen-bond acceptors (Lipinski definition) is 5. The van der Waals surface area contributed by atoms with E-state index in [0.29, 0.717) is 24.1 Å². The molecule has 7 nitrogen and oxygen atoms in total. The molecule has 5 rings (SSSR count). The molecule has 0 saturated carbocycles. The molecule has 1 fully saturated rings. The first-order chi connectivity index (χ1) is 13.6. The lowest BCUT2D eigenvalue weighted by Crippen LogP contribution is -2.53. The number of anilines is 1. The fraction of sp³-hybridized carbons (Fsp3) is 0.190. The minimum atomic E-state index is -0.702. The Morgan fingerprint density at radius 1 is 1.11 bits per heavy atom. The number of rotatable bonds is 3. The molecule has 0 radical (unpaired) electrons. The predicted molar refractivity (Wildman–Crippen MR) is 102 cm³/mol. The van der Waals surface area contributed by atoms with Crippen molar-refractivity contribution in [2.45, 2.75) is 25.3 Å². The van der Waals surface area contributed by atoms with Crippen LogP contribution in [0.2, 0.25) is 0 Å². The number of hydrogen-bond donors (Lipinski definition) is 1. The Morgan fingerprint density at radius 2 is 2.00 bits per heavy atom. The van der Waals surface area contributed by atoms with Gasteiger partial charge in [-0.2, -0.15) is 0 Å². The van der Waals surface area contributed by atoms with Gasteiger partial charge in [0.2, 0.25) is 11.8 Å². The van der Waals surface area contributed by atoms with Gasteiger partial charge in [-0.1, -0.05) is 18.2 Å². The Balaban J connectivity index is 1.61. The van der Waals surface area contributed by atoms with Crippen molar-refractivity contribution in [2.24, 2.45) is 0 Å². The second kappa shape index (κ2) is 6.23. The summed E-state index contributed by atoms with van der Waals surface area (Å²) in [6.45, 7) is 0. The smallest absolute Gasteiger partial charge is 0.259 e. The molecule has 1 saturated heterocycles. The maximum atomic E-state index is 13.1. The van der Waals surface area contributed by atoms with Crippen LogP contribution in [0.5, 0.6) is 0 Å². The van der Waals surface area contributed by atoms with Crippen LogP contribution in [0.25, 0.3) is 10.8 Å². The normalized spacial score (nSPS) is 18.6. The third-order valence-electron chi connectivity index (χ3n) is 5.30. The number of pyridine rings is 2. The summed E-state index contributed by atoms with van der Waals surface area (Å²) in [5.74, 6) is -0.971. The van der Waals surface area contributed by atoms with Crippen LogP contribution in [0.15, 0.2) is 48.9 Å². The minimum absolute atomic E-state index is 0.214. The largest absolute Gasteiger partial charge is 0.295 e. The Kier molecular flexibility index (Phi) is 3.68. The molecule has 1 atom stereocenters. The Bertz CT molecular complexity index is 1140. The van der Waals surface area contributed by atoms with E-state index in [9.17, 15) is 14.4 Å². The Morgan fingerprint density at radius 3 is 2.79 bits per heavy atom. The van der Waals surface area contributed by atoms with Gasteiger partial charge in [-0.3, -0.25) is 34.6 Å².